The first-order valence-corrected chi connectivity index (χ1v) is 11.2. The largest absolute Gasteiger partial charge is 0.356 e. The average molecular weight is 399 g/mol. The standard InChI is InChI=1S/C20H22N4OS2/c1-13-16(19(25)23-14-7-6-8-15(11-14)26-2)17-18(21-12-22-20(17)27-13)24-9-4-3-5-10-24/h6-8,11-12H,3-5,9-10H2,1-2H3,(H,23,25). The molecule has 140 valence electrons. The Morgan fingerprint density at radius 2 is 2.04 bits per heavy atom. The third kappa shape index (κ3) is 3.66. The summed E-state index contributed by atoms with van der Waals surface area (Å²) < 4.78 is 0. The van der Waals surface area contributed by atoms with Gasteiger partial charge in [0.25, 0.3) is 5.91 Å². The molecule has 1 amide bonds. The number of fused-ring (bicyclic) bond motifs is 1. The van der Waals surface area contributed by atoms with E-state index in [0.29, 0.717) is 5.56 Å². The minimum absolute atomic E-state index is 0.0925. The summed E-state index contributed by atoms with van der Waals surface area (Å²) in [6.07, 6.45) is 7.23. The molecule has 0 bridgehead atoms. The second-order valence-corrected chi connectivity index (χ2v) is 8.73. The minimum Gasteiger partial charge on any atom is -0.356 e. The van der Waals surface area contributed by atoms with Gasteiger partial charge in [0.2, 0.25) is 0 Å². The molecular weight excluding hydrogens is 376 g/mol. The number of aromatic nitrogens is 2. The van der Waals surface area contributed by atoms with Crippen molar-refractivity contribution in [2.24, 2.45) is 0 Å². The molecule has 7 heteroatoms. The molecule has 0 atom stereocenters. The highest BCUT2D eigenvalue weighted by atomic mass is 32.2. The number of nitrogens with zero attached hydrogens (tertiary/aromatic N) is 3. The van der Waals surface area contributed by atoms with E-state index in [1.165, 1.54) is 6.42 Å². The Morgan fingerprint density at radius 1 is 1.22 bits per heavy atom. The first-order valence-electron chi connectivity index (χ1n) is 9.12. The number of piperidine rings is 1. The third-order valence-corrected chi connectivity index (χ3v) is 6.59. The zero-order valence-electron chi connectivity index (χ0n) is 15.5. The lowest BCUT2D eigenvalue weighted by Crippen LogP contribution is -2.30. The van der Waals surface area contributed by atoms with Crippen molar-refractivity contribution in [3.63, 3.8) is 0 Å². The monoisotopic (exact) mass is 398 g/mol. The van der Waals surface area contributed by atoms with E-state index in [4.69, 9.17) is 0 Å². The number of aryl methyl sites for hydroxylation is 1. The van der Waals surface area contributed by atoms with E-state index in [1.807, 2.05) is 37.4 Å². The third-order valence-electron chi connectivity index (χ3n) is 4.85. The summed E-state index contributed by atoms with van der Waals surface area (Å²) in [6, 6.07) is 7.91. The number of rotatable bonds is 4. The van der Waals surface area contributed by atoms with Crippen LogP contribution in [0.2, 0.25) is 0 Å². The summed E-state index contributed by atoms with van der Waals surface area (Å²) >= 11 is 3.22. The van der Waals surface area contributed by atoms with Crippen LogP contribution >= 0.6 is 23.1 Å². The number of hydrogen-bond donors (Lipinski definition) is 1. The Balaban J connectivity index is 1.73. The predicted octanol–water partition coefficient (Wildman–Crippen LogP) is 4.96. The molecule has 0 saturated carbocycles. The van der Waals surface area contributed by atoms with Crippen molar-refractivity contribution in [1.82, 2.24) is 9.97 Å². The van der Waals surface area contributed by atoms with E-state index in [1.54, 1.807) is 29.4 Å². The van der Waals surface area contributed by atoms with Crippen molar-refractivity contribution in [3.8, 4) is 0 Å². The molecule has 1 saturated heterocycles. The molecule has 1 aromatic carbocycles. The Kier molecular flexibility index (Phi) is 5.31. The average Bonchev–Trinajstić information content (AvgIpc) is 3.04. The summed E-state index contributed by atoms with van der Waals surface area (Å²) in [4.78, 5) is 27.4. The second-order valence-electron chi connectivity index (χ2n) is 6.64. The topological polar surface area (TPSA) is 58.1 Å². The van der Waals surface area contributed by atoms with E-state index in [2.05, 4.69) is 20.2 Å². The van der Waals surface area contributed by atoms with Gasteiger partial charge in [-0.25, -0.2) is 9.97 Å². The van der Waals surface area contributed by atoms with Gasteiger partial charge in [0.05, 0.1) is 10.9 Å². The first kappa shape index (κ1) is 18.3. The molecule has 0 spiro atoms. The van der Waals surface area contributed by atoms with E-state index in [-0.39, 0.29) is 5.91 Å². The highest BCUT2D eigenvalue weighted by molar-refractivity contribution is 7.98. The van der Waals surface area contributed by atoms with Crippen molar-refractivity contribution in [2.45, 2.75) is 31.1 Å². The van der Waals surface area contributed by atoms with Gasteiger partial charge in [-0.2, -0.15) is 0 Å². The first-order chi connectivity index (χ1) is 13.2. The molecule has 3 aromatic rings. The molecule has 1 aliphatic heterocycles. The zero-order chi connectivity index (χ0) is 18.8. The van der Waals surface area contributed by atoms with Crippen molar-refractivity contribution in [2.75, 3.05) is 29.6 Å². The smallest absolute Gasteiger partial charge is 0.257 e. The van der Waals surface area contributed by atoms with Gasteiger partial charge in [0.1, 0.15) is 17.0 Å². The van der Waals surface area contributed by atoms with E-state index in [0.717, 1.165) is 57.4 Å². The van der Waals surface area contributed by atoms with Crippen molar-refractivity contribution in [1.29, 1.82) is 0 Å². The lowest BCUT2D eigenvalue weighted by Gasteiger charge is -2.28. The molecule has 3 heterocycles. The van der Waals surface area contributed by atoms with Gasteiger partial charge in [0, 0.05) is 28.5 Å². The molecule has 1 N–H and O–H groups in total. The Bertz CT molecular complexity index is 979. The number of hydrogen-bond acceptors (Lipinski definition) is 6. The normalized spacial score (nSPS) is 14.5. The molecule has 4 rings (SSSR count). The zero-order valence-corrected chi connectivity index (χ0v) is 17.1. The van der Waals surface area contributed by atoms with Gasteiger partial charge in [-0.3, -0.25) is 4.79 Å². The lowest BCUT2D eigenvalue weighted by molar-refractivity contribution is 0.102. The number of carbonyl (C=O) groups is 1. The van der Waals surface area contributed by atoms with E-state index < -0.39 is 0 Å². The molecule has 0 aliphatic carbocycles. The maximum Gasteiger partial charge on any atom is 0.257 e. The summed E-state index contributed by atoms with van der Waals surface area (Å²) in [5.41, 5.74) is 1.51. The fraction of sp³-hybridized carbons (Fsp3) is 0.350. The maximum absolute atomic E-state index is 13.2. The Morgan fingerprint density at radius 3 is 2.81 bits per heavy atom. The van der Waals surface area contributed by atoms with Crippen LogP contribution in [-0.2, 0) is 0 Å². The molecular formula is C20H22N4OS2. The van der Waals surface area contributed by atoms with Crippen LogP contribution in [0.1, 0.15) is 34.5 Å². The van der Waals surface area contributed by atoms with Crippen LogP contribution in [-0.4, -0.2) is 35.2 Å². The van der Waals surface area contributed by atoms with Crippen molar-refractivity contribution in [3.05, 3.63) is 41.0 Å². The summed E-state index contributed by atoms with van der Waals surface area (Å²) in [5, 5.41) is 3.95. The SMILES string of the molecule is CSc1cccc(NC(=O)c2c(C)sc3ncnc(N4CCCCC4)c23)c1. The number of benzene rings is 1. The van der Waals surface area contributed by atoms with Crippen LogP contribution in [0, 0.1) is 6.92 Å². The highest BCUT2D eigenvalue weighted by Crippen LogP contribution is 2.36. The van der Waals surface area contributed by atoms with Gasteiger partial charge in [-0.1, -0.05) is 6.07 Å². The molecule has 27 heavy (non-hydrogen) atoms. The summed E-state index contributed by atoms with van der Waals surface area (Å²) in [7, 11) is 0. The van der Waals surface area contributed by atoms with Crippen LogP contribution in [0.3, 0.4) is 0 Å². The van der Waals surface area contributed by atoms with E-state index >= 15 is 0 Å². The fourth-order valence-electron chi connectivity index (χ4n) is 3.54. The second kappa shape index (κ2) is 7.86. The van der Waals surface area contributed by atoms with Crippen LogP contribution in [0.15, 0.2) is 35.5 Å². The van der Waals surface area contributed by atoms with E-state index in [9.17, 15) is 4.79 Å². The minimum atomic E-state index is -0.0925. The van der Waals surface area contributed by atoms with Gasteiger partial charge in [0.15, 0.2) is 0 Å². The van der Waals surface area contributed by atoms with Gasteiger partial charge < -0.3 is 10.2 Å². The molecule has 2 aromatic heterocycles. The van der Waals surface area contributed by atoms with Gasteiger partial charge in [-0.05, 0) is 50.6 Å². The van der Waals surface area contributed by atoms with Crippen molar-refractivity contribution < 1.29 is 4.79 Å². The molecule has 1 aliphatic rings. The molecule has 0 radical (unpaired) electrons. The summed E-state index contributed by atoms with van der Waals surface area (Å²) in [6.45, 7) is 3.95. The lowest BCUT2D eigenvalue weighted by atomic mass is 10.1. The number of thioether (sulfide) groups is 1. The Hall–Kier alpha value is -2.12. The fourth-order valence-corrected chi connectivity index (χ4v) is 4.98. The van der Waals surface area contributed by atoms with Crippen LogP contribution < -0.4 is 10.2 Å². The number of thiophene rings is 1. The van der Waals surface area contributed by atoms with Gasteiger partial charge >= 0.3 is 0 Å². The molecule has 1 fully saturated rings. The van der Waals surface area contributed by atoms with Crippen molar-refractivity contribution >= 4 is 50.7 Å². The van der Waals surface area contributed by atoms with Gasteiger partial charge in [-0.15, -0.1) is 23.1 Å². The summed E-state index contributed by atoms with van der Waals surface area (Å²) in [5.74, 6) is 0.803. The maximum atomic E-state index is 13.2. The highest BCUT2D eigenvalue weighted by Gasteiger charge is 2.24. The van der Waals surface area contributed by atoms with Crippen LogP contribution in [0.25, 0.3) is 10.2 Å². The predicted molar refractivity (Wildman–Crippen MR) is 114 cm³/mol. The number of amides is 1. The van der Waals surface area contributed by atoms with Crippen LogP contribution in [0.5, 0.6) is 0 Å². The quantitative estimate of drug-likeness (QED) is 0.629. The van der Waals surface area contributed by atoms with Crippen LogP contribution in [0.4, 0.5) is 11.5 Å². The number of carbonyl (C=O) groups excluding carboxylic acids is 1. The molecule has 0 unspecified atom stereocenters. The number of anilines is 2. The molecule has 5 nitrogen and oxygen atoms in total. The number of nitrogens with one attached hydrogen (secondary N) is 1. The Labute approximate surface area is 167 Å².